The summed E-state index contributed by atoms with van der Waals surface area (Å²) in [6.07, 6.45) is -0.549. The molecule has 0 aromatic heterocycles. The summed E-state index contributed by atoms with van der Waals surface area (Å²) in [6, 6.07) is 9.19. The molecule has 17 heavy (non-hydrogen) atoms. The van der Waals surface area contributed by atoms with E-state index in [-0.39, 0.29) is 25.2 Å². The van der Waals surface area contributed by atoms with Gasteiger partial charge in [-0.1, -0.05) is 30.3 Å². The molecule has 90 valence electrons. The highest BCUT2D eigenvalue weighted by Crippen LogP contribution is 2.02. The van der Waals surface area contributed by atoms with Gasteiger partial charge in [0.15, 0.2) is 5.78 Å². The zero-order valence-corrected chi connectivity index (χ0v) is 9.64. The van der Waals surface area contributed by atoms with E-state index in [1.807, 2.05) is 30.3 Å². The molecule has 0 N–H and O–H groups in total. The van der Waals surface area contributed by atoms with Crippen LogP contribution in [0.3, 0.4) is 0 Å². The first-order chi connectivity index (χ1) is 8.08. The van der Waals surface area contributed by atoms with Gasteiger partial charge in [-0.3, -0.25) is 14.4 Å². The van der Waals surface area contributed by atoms with Gasteiger partial charge in [-0.2, -0.15) is 0 Å². The molecule has 1 aromatic carbocycles. The first-order valence-corrected chi connectivity index (χ1v) is 5.28. The predicted molar refractivity (Wildman–Crippen MR) is 61.2 cm³/mol. The minimum Gasteiger partial charge on any atom is -0.460 e. The van der Waals surface area contributed by atoms with Gasteiger partial charge in [0.1, 0.15) is 18.8 Å². The summed E-state index contributed by atoms with van der Waals surface area (Å²) in [6.45, 7) is 1.46. The van der Waals surface area contributed by atoms with Crippen molar-refractivity contribution in [3.8, 4) is 0 Å². The van der Waals surface area contributed by atoms with Crippen LogP contribution in [0.4, 0.5) is 0 Å². The van der Waals surface area contributed by atoms with Crippen molar-refractivity contribution in [2.45, 2.75) is 26.4 Å². The normalized spacial score (nSPS) is 9.71. The quantitative estimate of drug-likeness (QED) is 0.555. The standard InChI is InChI=1S/C13H14O4/c1-10(14)7-12(15)8-13(16)17-9-11-5-3-2-4-6-11/h2-6H,7-9H2,1H3. The molecule has 4 nitrogen and oxygen atoms in total. The van der Waals surface area contributed by atoms with E-state index < -0.39 is 11.8 Å². The third kappa shape index (κ3) is 5.61. The largest absolute Gasteiger partial charge is 0.460 e. The van der Waals surface area contributed by atoms with Crippen LogP contribution in [0.15, 0.2) is 30.3 Å². The lowest BCUT2D eigenvalue weighted by Crippen LogP contribution is -2.13. The average molecular weight is 234 g/mol. The van der Waals surface area contributed by atoms with Crippen LogP contribution < -0.4 is 0 Å². The maximum Gasteiger partial charge on any atom is 0.313 e. The van der Waals surface area contributed by atoms with E-state index in [4.69, 9.17) is 4.74 Å². The van der Waals surface area contributed by atoms with E-state index in [0.29, 0.717) is 0 Å². The van der Waals surface area contributed by atoms with Crippen molar-refractivity contribution in [3.63, 3.8) is 0 Å². The predicted octanol–water partition coefficient (Wildman–Crippen LogP) is 1.67. The Morgan fingerprint density at radius 1 is 1.06 bits per heavy atom. The molecule has 0 unspecified atom stereocenters. The van der Waals surface area contributed by atoms with E-state index >= 15 is 0 Å². The lowest BCUT2D eigenvalue weighted by molar-refractivity contribution is -0.147. The number of ether oxygens (including phenoxy) is 1. The summed E-state index contributed by atoms with van der Waals surface area (Å²) < 4.78 is 4.91. The van der Waals surface area contributed by atoms with E-state index in [0.717, 1.165) is 5.56 Å². The van der Waals surface area contributed by atoms with Gasteiger partial charge in [0.2, 0.25) is 0 Å². The molecule has 0 bridgehead atoms. The maximum absolute atomic E-state index is 11.3. The van der Waals surface area contributed by atoms with Crippen molar-refractivity contribution in [2.75, 3.05) is 0 Å². The molecular formula is C13H14O4. The SMILES string of the molecule is CC(=O)CC(=O)CC(=O)OCc1ccccc1. The van der Waals surface area contributed by atoms with Crippen LogP contribution in [0.25, 0.3) is 0 Å². The van der Waals surface area contributed by atoms with E-state index in [1.54, 1.807) is 0 Å². The summed E-state index contributed by atoms with van der Waals surface area (Å²) in [5.41, 5.74) is 0.861. The number of carbonyl (C=O) groups excluding carboxylic acids is 3. The fourth-order valence-corrected chi connectivity index (χ4v) is 1.29. The van der Waals surface area contributed by atoms with Gasteiger partial charge in [0.25, 0.3) is 0 Å². The number of rotatable bonds is 6. The monoisotopic (exact) mass is 234 g/mol. The molecule has 0 atom stereocenters. The van der Waals surface area contributed by atoms with Gasteiger partial charge in [0, 0.05) is 0 Å². The van der Waals surface area contributed by atoms with E-state index in [9.17, 15) is 14.4 Å². The Morgan fingerprint density at radius 2 is 1.71 bits per heavy atom. The number of carbonyl (C=O) groups is 3. The molecular weight excluding hydrogens is 220 g/mol. The van der Waals surface area contributed by atoms with Gasteiger partial charge < -0.3 is 4.74 Å². The Bertz CT molecular complexity index is 409. The fraction of sp³-hybridized carbons (Fsp3) is 0.308. The van der Waals surface area contributed by atoms with Gasteiger partial charge in [-0.25, -0.2) is 0 Å². The van der Waals surface area contributed by atoms with Crippen molar-refractivity contribution < 1.29 is 19.1 Å². The van der Waals surface area contributed by atoms with Crippen LogP contribution in [0.2, 0.25) is 0 Å². The first-order valence-electron chi connectivity index (χ1n) is 5.28. The molecule has 0 radical (unpaired) electrons. The van der Waals surface area contributed by atoms with Crippen LogP contribution in [-0.2, 0) is 25.7 Å². The van der Waals surface area contributed by atoms with Crippen LogP contribution in [0.5, 0.6) is 0 Å². The molecule has 0 fully saturated rings. The third-order valence-electron chi connectivity index (χ3n) is 2.03. The minimum absolute atomic E-state index is 0.146. The van der Waals surface area contributed by atoms with Crippen LogP contribution >= 0.6 is 0 Å². The van der Waals surface area contributed by atoms with Crippen molar-refractivity contribution in [1.29, 1.82) is 0 Å². The zero-order valence-electron chi connectivity index (χ0n) is 9.64. The number of benzene rings is 1. The highest BCUT2D eigenvalue weighted by Gasteiger charge is 2.12. The summed E-state index contributed by atoms with van der Waals surface area (Å²) >= 11 is 0. The average Bonchev–Trinajstić information content (AvgIpc) is 2.26. The number of esters is 1. The van der Waals surface area contributed by atoms with E-state index in [2.05, 4.69) is 0 Å². The van der Waals surface area contributed by atoms with Gasteiger partial charge in [-0.15, -0.1) is 0 Å². The Kier molecular flexibility index (Phi) is 5.07. The van der Waals surface area contributed by atoms with Gasteiger partial charge in [0.05, 0.1) is 6.42 Å². The van der Waals surface area contributed by atoms with E-state index in [1.165, 1.54) is 6.92 Å². The smallest absolute Gasteiger partial charge is 0.313 e. The van der Waals surface area contributed by atoms with Crippen LogP contribution in [0.1, 0.15) is 25.3 Å². The van der Waals surface area contributed by atoms with Crippen LogP contribution in [-0.4, -0.2) is 17.5 Å². The molecule has 0 spiro atoms. The molecule has 4 heteroatoms. The molecule has 0 saturated heterocycles. The molecule has 0 aliphatic carbocycles. The van der Waals surface area contributed by atoms with Crippen molar-refractivity contribution in [2.24, 2.45) is 0 Å². The minimum atomic E-state index is -0.597. The van der Waals surface area contributed by atoms with Crippen LogP contribution in [0, 0.1) is 0 Å². The van der Waals surface area contributed by atoms with Crippen molar-refractivity contribution in [1.82, 2.24) is 0 Å². The molecule has 1 rings (SSSR count). The second-order valence-electron chi connectivity index (χ2n) is 3.74. The van der Waals surface area contributed by atoms with Crippen molar-refractivity contribution in [3.05, 3.63) is 35.9 Å². The molecule has 0 saturated carbocycles. The molecule has 1 aromatic rings. The summed E-state index contributed by atoms with van der Waals surface area (Å²) in [4.78, 5) is 33.0. The highest BCUT2D eigenvalue weighted by molar-refractivity contribution is 6.04. The molecule has 0 aliphatic rings. The molecule has 0 aliphatic heterocycles. The lowest BCUT2D eigenvalue weighted by Gasteiger charge is -2.03. The Labute approximate surface area is 99.6 Å². The Morgan fingerprint density at radius 3 is 2.29 bits per heavy atom. The Hall–Kier alpha value is -1.97. The molecule has 0 amide bonds. The second-order valence-corrected chi connectivity index (χ2v) is 3.74. The highest BCUT2D eigenvalue weighted by atomic mass is 16.5. The lowest BCUT2D eigenvalue weighted by atomic mass is 10.2. The molecule has 0 heterocycles. The van der Waals surface area contributed by atoms with Gasteiger partial charge >= 0.3 is 5.97 Å². The van der Waals surface area contributed by atoms with Crippen molar-refractivity contribution >= 4 is 17.5 Å². The summed E-state index contributed by atoms with van der Waals surface area (Å²) in [7, 11) is 0. The number of Topliss-reactive ketones (excluding diaryl/α,β-unsaturated/α-hetero) is 2. The van der Waals surface area contributed by atoms with Gasteiger partial charge in [-0.05, 0) is 12.5 Å². The second kappa shape index (κ2) is 6.58. The zero-order chi connectivity index (χ0) is 12.7. The topological polar surface area (TPSA) is 60.4 Å². The first kappa shape index (κ1) is 13.1. The number of hydrogen-bond acceptors (Lipinski definition) is 4. The summed E-state index contributed by atoms with van der Waals surface area (Å²) in [5, 5.41) is 0. The maximum atomic E-state index is 11.3. The number of hydrogen-bond donors (Lipinski definition) is 0. The number of ketones is 2. The third-order valence-corrected chi connectivity index (χ3v) is 2.03. The summed E-state index contributed by atoms with van der Waals surface area (Å²) in [5.74, 6) is -1.25. The Balaban J connectivity index is 2.31. The fourth-order valence-electron chi connectivity index (χ4n) is 1.29.